The first kappa shape index (κ1) is 21.7. The third-order valence-corrected chi connectivity index (χ3v) is 7.46. The Morgan fingerprint density at radius 1 is 1.18 bits per heavy atom. The van der Waals surface area contributed by atoms with Gasteiger partial charge in [-0.15, -0.1) is 10.2 Å². The van der Waals surface area contributed by atoms with Crippen LogP contribution in [0.3, 0.4) is 0 Å². The van der Waals surface area contributed by atoms with E-state index < -0.39 is 21.4 Å². The molecule has 0 saturated heterocycles. The molecular formula is C20H21ClN8O3S. The topological polar surface area (TPSA) is 129 Å². The monoisotopic (exact) mass is 488 g/mol. The van der Waals surface area contributed by atoms with Crippen LogP contribution in [-0.4, -0.2) is 55.1 Å². The van der Waals surface area contributed by atoms with Crippen LogP contribution in [0.1, 0.15) is 37.7 Å². The normalized spacial score (nSPS) is 16.1. The van der Waals surface area contributed by atoms with E-state index in [0.29, 0.717) is 10.8 Å². The summed E-state index contributed by atoms with van der Waals surface area (Å²) in [4.78, 5) is 8.22. The van der Waals surface area contributed by atoms with Crippen molar-refractivity contribution in [2.24, 2.45) is 0 Å². The van der Waals surface area contributed by atoms with Crippen LogP contribution >= 0.6 is 11.6 Å². The highest BCUT2D eigenvalue weighted by Gasteiger charge is 2.36. The molecule has 0 amide bonds. The standard InChI is InChI=1S/C20H21ClN8O3S/c1-12(17(32-2)18-22-9-13(21)10-23-18)33(30,31)27-20-26-25-19(29(20)14-6-7-14)15-11-24-28-8-4-3-5-16(15)28/h3-5,8-12,14,17H,6-7H2,1-2H3,(H,26,27). The lowest BCUT2D eigenvalue weighted by Crippen LogP contribution is -2.33. The van der Waals surface area contributed by atoms with E-state index in [1.54, 1.807) is 10.7 Å². The van der Waals surface area contributed by atoms with Crippen LogP contribution in [0.5, 0.6) is 0 Å². The van der Waals surface area contributed by atoms with Gasteiger partial charge in [0.1, 0.15) is 11.4 Å². The van der Waals surface area contributed by atoms with E-state index in [0.717, 1.165) is 23.9 Å². The van der Waals surface area contributed by atoms with Crippen molar-refractivity contribution in [1.29, 1.82) is 0 Å². The van der Waals surface area contributed by atoms with Crippen molar-refractivity contribution >= 4 is 33.1 Å². The second-order valence-electron chi connectivity index (χ2n) is 7.81. The van der Waals surface area contributed by atoms with Crippen LogP contribution in [0.25, 0.3) is 16.9 Å². The van der Waals surface area contributed by atoms with Gasteiger partial charge in [-0.1, -0.05) is 17.7 Å². The predicted molar refractivity (Wildman–Crippen MR) is 121 cm³/mol. The average Bonchev–Trinajstić information content (AvgIpc) is 3.43. The maximum atomic E-state index is 13.3. The van der Waals surface area contributed by atoms with Gasteiger partial charge in [0, 0.05) is 31.7 Å². The SMILES string of the molecule is COC(c1ncc(Cl)cn1)C(C)S(=O)(=O)Nc1nnc(-c2cnn3ccccc23)n1C1CC1. The van der Waals surface area contributed by atoms with Gasteiger partial charge in [0.2, 0.25) is 16.0 Å². The molecule has 0 radical (unpaired) electrons. The van der Waals surface area contributed by atoms with Crippen molar-refractivity contribution < 1.29 is 13.2 Å². The molecule has 5 rings (SSSR count). The summed E-state index contributed by atoms with van der Waals surface area (Å²) < 4.78 is 38.1. The number of aromatic nitrogens is 7. The molecule has 0 spiro atoms. The predicted octanol–water partition coefficient (Wildman–Crippen LogP) is 2.89. The molecule has 1 fully saturated rings. The maximum absolute atomic E-state index is 13.3. The molecule has 1 aliphatic rings. The molecule has 2 unspecified atom stereocenters. The maximum Gasteiger partial charge on any atom is 0.240 e. The van der Waals surface area contributed by atoms with Gasteiger partial charge < -0.3 is 4.74 Å². The Balaban J connectivity index is 1.48. The number of ether oxygens (including phenoxy) is 1. The van der Waals surface area contributed by atoms with Crippen LogP contribution in [0.4, 0.5) is 5.95 Å². The molecule has 2 atom stereocenters. The Morgan fingerprint density at radius 3 is 2.64 bits per heavy atom. The Morgan fingerprint density at radius 2 is 1.94 bits per heavy atom. The number of nitrogens with zero attached hydrogens (tertiary/aromatic N) is 7. The molecule has 11 nitrogen and oxygen atoms in total. The zero-order chi connectivity index (χ0) is 23.2. The molecule has 4 heterocycles. The van der Waals surface area contributed by atoms with E-state index in [9.17, 15) is 8.42 Å². The van der Waals surface area contributed by atoms with E-state index >= 15 is 0 Å². The summed E-state index contributed by atoms with van der Waals surface area (Å²) in [6.45, 7) is 1.53. The van der Waals surface area contributed by atoms with Crippen molar-refractivity contribution in [2.45, 2.75) is 37.2 Å². The number of sulfonamides is 1. The summed E-state index contributed by atoms with van der Waals surface area (Å²) in [5.74, 6) is 0.936. The lowest BCUT2D eigenvalue weighted by molar-refractivity contribution is 0.0950. The lowest BCUT2D eigenvalue weighted by Gasteiger charge is -2.22. The van der Waals surface area contributed by atoms with Crippen molar-refractivity contribution in [3.8, 4) is 11.4 Å². The molecule has 172 valence electrons. The molecule has 0 aromatic carbocycles. The molecule has 1 N–H and O–H groups in total. The zero-order valence-electron chi connectivity index (χ0n) is 17.8. The highest BCUT2D eigenvalue weighted by atomic mass is 35.5. The summed E-state index contributed by atoms with van der Waals surface area (Å²) in [5, 5.41) is 12.2. The number of hydrogen-bond acceptors (Lipinski definition) is 8. The van der Waals surface area contributed by atoms with Crippen LogP contribution in [0.2, 0.25) is 5.02 Å². The minimum Gasteiger partial charge on any atom is -0.372 e. The third-order valence-electron chi connectivity index (χ3n) is 5.57. The van der Waals surface area contributed by atoms with Crippen LogP contribution in [-0.2, 0) is 14.8 Å². The van der Waals surface area contributed by atoms with Crippen molar-refractivity contribution in [3.05, 3.63) is 53.8 Å². The molecule has 0 aliphatic heterocycles. The van der Waals surface area contributed by atoms with Gasteiger partial charge in [0.05, 0.1) is 22.3 Å². The van der Waals surface area contributed by atoms with Gasteiger partial charge in [0.15, 0.2) is 11.6 Å². The largest absolute Gasteiger partial charge is 0.372 e. The van der Waals surface area contributed by atoms with Crippen molar-refractivity contribution in [2.75, 3.05) is 11.8 Å². The highest BCUT2D eigenvalue weighted by Crippen LogP contribution is 2.41. The second-order valence-corrected chi connectivity index (χ2v) is 10.3. The van der Waals surface area contributed by atoms with Gasteiger partial charge >= 0.3 is 0 Å². The number of halogens is 1. The molecular weight excluding hydrogens is 468 g/mol. The molecule has 4 aromatic rings. The average molecular weight is 489 g/mol. The fraction of sp³-hybridized carbons (Fsp3) is 0.350. The van der Waals surface area contributed by atoms with Crippen LogP contribution in [0, 0.1) is 0 Å². The second kappa shape index (κ2) is 8.36. The number of fused-ring (bicyclic) bond motifs is 1. The molecule has 1 aliphatic carbocycles. The molecule has 33 heavy (non-hydrogen) atoms. The number of hydrogen-bond donors (Lipinski definition) is 1. The zero-order valence-corrected chi connectivity index (χ0v) is 19.4. The van der Waals surface area contributed by atoms with Gasteiger partial charge in [-0.25, -0.2) is 22.9 Å². The number of pyridine rings is 1. The third kappa shape index (κ3) is 4.05. The van der Waals surface area contributed by atoms with Crippen LogP contribution < -0.4 is 4.72 Å². The minimum atomic E-state index is -3.94. The summed E-state index contributed by atoms with van der Waals surface area (Å²) >= 11 is 5.85. The lowest BCUT2D eigenvalue weighted by atomic mass is 10.2. The number of nitrogens with one attached hydrogen (secondary N) is 1. The number of rotatable bonds is 8. The Bertz CT molecular complexity index is 1400. The first-order chi connectivity index (χ1) is 15.9. The first-order valence-corrected chi connectivity index (χ1v) is 12.2. The van der Waals surface area contributed by atoms with Crippen LogP contribution in [0.15, 0.2) is 43.0 Å². The highest BCUT2D eigenvalue weighted by molar-refractivity contribution is 7.93. The molecule has 13 heteroatoms. The van der Waals surface area contributed by atoms with Gasteiger partial charge in [-0.2, -0.15) is 5.10 Å². The van der Waals surface area contributed by atoms with E-state index in [2.05, 4.69) is 30.0 Å². The van der Waals surface area contributed by atoms with Crippen molar-refractivity contribution in [1.82, 2.24) is 34.3 Å². The van der Waals surface area contributed by atoms with Gasteiger partial charge in [0.25, 0.3) is 0 Å². The number of anilines is 1. The first-order valence-electron chi connectivity index (χ1n) is 10.3. The summed E-state index contributed by atoms with van der Waals surface area (Å²) in [6, 6.07) is 5.83. The van der Waals surface area contributed by atoms with E-state index in [1.165, 1.54) is 26.4 Å². The Kier molecular flexibility index (Phi) is 5.51. The summed E-state index contributed by atoms with van der Waals surface area (Å²) in [7, 11) is -2.53. The fourth-order valence-corrected chi connectivity index (χ4v) is 4.92. The minimum absolute atomic E-state index is 0.111. The summed E-state index contributed by atoms with van der Waals surface area (Å²) in [6.07, 6.45) is 7.26. The fourth-order valence-electron chi connectivity index (χ4n) is 3.69. The molecule has 1 saturated carbocycles. The van der Waals surface area contributed by atoms with Gasteiger partial charge in [-0.05, 0) is 31.9 Å². The summed E-state index contributed by atoms with van der Waals surface area (Å²) in [5.41, 5.74) is 1.63. The van der Waals surface area contributed by atoms with E-state index in [-0.39, 0.29) is 17.8 Å². The van der Waals surface area contributed by atoms with Gasteiger partial charge in [-0.3, -0.25) is 9.29 Å². The smallest absolute Gasteiger partial charge is 0.240 e. The molecule has 4 aromatic heterocycles. The Hall–Kier alpha value is -3.09. The van der Waals surface area contributed by atoms with E-state index in [1.807, 2.05) is 29.0 Å². The quantitative estimate of drug-likeness (QED) is 0.400. The Labute approximate surface area is 194 Å². The van der Waals surface area contributed by atoms with Crippen molar-refractivity contribution in [3.63, 3.8) is 0 Å². The molecule has 0 bridgehead atoms. The number of methoxy groups -OCH3 is 1. The van der Waals surface area contributed by atoms with E-state index in [4.69, 9.17) is 16.3 Å².